The van der Waals surface area contributed by atoms with E-state index in [0.717, 1.165) is 0 Å². The summed E-state index contributed by atoms with van der Waals surface area (Å²) in [6.07, 6.45) is 3.21. The van der Waals surface area contributed by atoms with E-state index in [-0.39, 0.29) is 16.7 Å². The Balaban J connectivity index is 2.01. The topological polar surface area (TPSA) is 80.4 Å². The first-order chi connectivity index (χ1) is 13.9. The van der Waals surface area contributed by atoms with Crippen molar-refractivity contribution in [1.29, 1.82) is 0 Å². The molecule has 2 aromatic heterocycles. The molecule has 6 nitrogen and oxygen atoms in total. The molecule has 2 heterocycles. The molecule has 2 aromatic carbocycles. The van der Waals surface area contributed by atoms with Gasteiger partial charge < -0.3 is 19.5 Å². The number of aromatic hydroxyl groups is 1. The van der Waals surface area contributed by atoms with Gasteiger partial charge in [-0.2, -0.15) is 0 Å². The van der Waals surface area contributed by atoms with E-state index in [1.165, 1.54) is 7.11 Å². The number of benzene rings is 2. The van der Waals surface area contributed by atoms with Gasteiger partial charge in [-0.25, -0.2) is 9.97 Å². The normalized spacial score (nSPS) is 13.4. The van der Waals surface area contributed by atoms with Crippen LogP contribution in [0, 0.1) is 0 Å². The number of hydrogen-bond acceptors (Lipinski definition) is 5. The Morgan fingerprint density at radius 3 is 2.38 bits per heavy atom. The summed E-state index contributed by atoms with van der Waals surface area (Å²) in [7, 11) is 3.20. The Labute approximate surface area is 176 Å². The quantitative estimate of drug-likeness (QED) is 0.506. The number of imidazole rings is 1. The molecule has 1 unspecified atom stereocenters. The minimum Gasteiger partial charge on any atom is -0.502 e. The van der Waals surface area contributed by atoms with Crippen LogP contribution in [-0.2, 0) is 12.6 Å². The maximum Gasteiger partial charge on any atom is 0.258 e. The number of aliphatic hydroxyl groups is 1. The van der Waals surface area contributed by atoms with Crippen molar-refractivity contribution in [3.63, 3.8) is 0 Å². The maximum absolute atomic E-state index is 12.0. The van der Waals surface area contributed by atoms with Crippen molar-refractivity contribution >= 4 is 34.1 Å². The molecule has 0 radical (unpaired) electrons. The molecule has 2 N–H and O–H groups in total. The Bertz CT molecular complexity index is 1210. The van der Waals surface area contributed by atoms with Crippen LogP contribution in [0.1, 0.15) is 16.8 Å². The predicted octanol–water partition coefficient (Wildman–Crippen LogP) is 4.27. The molecule has 1 atom stereocenters. The molecule has 4 aromatic rings. The van der Waals surface area contributed by atoms with Gasteiger partial charge in [-0.05, 0) is 35.4 Å². The maximum atomic E-state index is 12.0. The second-order valence-electron chi connectivity index (χ2n) is 6.62. The van der Waals surface area contributed by atoms with Crippen molar-refractivity contribution in [2.75, 3.05) is 7.11 Å². The highest BCUT2D eigenvalue weighted by Crippen LogP contribution is 2.42. The lowest BCUT2D eigenvalue weighted by molar-refractivity contribution is 0.117. The number of rotatable bonds is 4. The molecule has 8 heteroatoms. The summed E-state index contributed by atoms with van der Waals surface area (Å²) >= 11 is 12.4. The van der Waals surface area contributed by atoms with Crippen LogP contribution in [0.5, 0.6) is 11.6 Å². The van der Waals surface area contributed by atoms with Crippen molar-refractivity contribution in [2.24, 2.45) is 7.05 Å². The Hall–Kier alpha value is -2.80. The molecule has 0 saturated carbocycles. The van der Waals surface area contributed by atoms with Gasteiger partial charge in [0, 0.05) is 17.5 Å². The van der Waals surface area contributed by atoms with Crippen LogP contribution in [0.4, 0.5) is 0 Å². The zero-order chi connectivity index (χ0) is 20.8. The number of halogens is 2. The lowest BCUT2D eigenvalue weighted by Crippen LogP contribution is -2.31. The third-order valence-corrected chi connectivity index (χ3v) is 5.56. The highest BCUT2D eigenvalue weighted by molar-refractivity contribution is 6.37. The van der Waals surface area contributed by atoms with Gasteiger partial charge in [-0.1, -0.05) is 41.4 Å². The molecule has 0 spiro atoms. The molecular formula is C21H17Cl2N3O3. The van der Waals surface area contributed by atoms with E-state index >= 15 is 0 Å². The molecule has 4 rings (SSSR count). The second kappa shape index (κ2) is 7.22. The molecule has 0 fully saturated rings. The first kappa shape index (κ1) is 19.5. The van der Waals surface area contributed by atoms with Crippen LogP contribution in [0.3, 0.4) is 0 Å². The Kier molecular flexibility index (Phi) is 4.86. The summed E-state index contributed by atoms with van der Waals surface area (Å²) < 4.78 is 6.81. The molecule has 0 saturated heterocycles. The van der Waals surface area contributed by atoms with Gasteiger partial charge in [0.25, 0.3) is 5.88 Å². The van der Waals surface area contributed by atoms with E-state index in [9.17, 15) is 10.2 Å². The zero-order valence-electron chi connectivity index (χ0n) is 15.6. The van der Waals surface area contributed by atoms with E-state index in [4.69, 9.17) is 27.9 Å². The summed E-state index contributed by atoms with van der Waals surface area (Å²) in [6.45, 7) is 0. The zero-order valence-corrected chi connectivity index (χ0v) is 17.1. The molecule has 0 amide bonds. The fourth-order valence-corrected chi connectivity index (χ4v) is 3.78. The average Bonchev–Trinajstić information content (AvgIpc) is 3.16. The van der Waals surface area contributed by atoms with Crippen LogP contribution >= 0.6 is 23.2 Å². The van der Waals surface area contributed by atoms with Crippen LogP contribution in [0.15, 0.2) is 55.0 Å². The number of hydrogen-bond donors (Lipinski definition) is 2. The van der Waals surface area contributed by atoms with Crippen LogP contribution < -0.4 is 4.74 Å². The highest BCUT2D eigenvalue weighted by atomic mass is 35.5. The average molecular weight is 430 g/mol. The van der Waals surface area contributed by atoms with Crippen LogP contribution in [-0.4, -0.2) is 31.9 Å². The SMILES string of the molecule is COc1nc2ccc(C(O)(c3ccc(Cl)cc3)c3cncn3C)cc2c(Cl)c1O. The number of ether oxygens (including phenoxy) is 1. The molecule has 0 aliphatic carbocycles. The van der Waals surface area contributed by atoms with Gasteiger partial charge in [-0.3, -0.25) is 0 Å². The first-order valence-corrected chi connectivity index (χ1v) is 9.43. The van der Waals surface area contributed by atoms with E-state index in [1.807, 2.05) is 0 Å². The lowest BCUT2D eigenvalue weighted by atomic mass is 9.83. The van der Waals surface area contributed by atoms with E-state index in [2.05, 4.69) is 9.97 Å². The fraction of sp³-hybridized carbons (Fsp3) is 0.143. The van der Waals surface area contributed by atoms with Gasteiger partial charge in [0.15, 0.2) is 11.4 Å². The summed E-state index contributed by atoms with van der Waals surface area (Å²) in [6, 6.07) is 12.1. The molecule has 29 heavy (non-hydrogen) atoms. The largest absolute Gasteiger partial charge is 0.502 e. The molecular weight excluding hydrogens is 413 g/mol. The van der Waals surface area contributed by atoms with Crippen molar-refractivity contribution in [2.45, 2.75) is 5.60 Å². The minimum atomic E-state index is -1.54. The van der Waals surface area contributed by atoms with Crippen molar-refractivity contribution in [3.05, 3.63) is 81.9 Å². The summed E-state index contributed by atoms with van der Waals surface area (Å²) in [5, 5.41) is 23.3. The Morgan fingerprint density at radius 1 is 1.07 bits per heavy atom. The summed E-state index contributed by atoms with van der Waals surface area (Å²) in [5.41, 5.74) is 0.678. The smallest absolute Gasteiger partial charge is 0.258 e. The van der Waals surface area contributed by atoms with E-state index < -0.39 is 5.60 Å². The summed E-state index contributed by atoms with van der Waals surface area (Å²) in [4.78, 5) is 8.42. The Morgan fingerprint density at radius 2 is 1.76 bits per heavy atom. The number of fused-ring (bicyclic) bond motifs is 1. The molecule has 0 aliphatic rings. The number of methoxy groups -OCH3 is 1. The van der Waals surface area contributed by atoms with Gasteiger partial charge in [-0.15, -0.1) is 0 Å². The third kappa shape index (κ3) is 3.09. The fourth-order valence-electron chi connectivity index (χ4n) is 3.42. The lowest BCUT2D eigenvalue weighted by Gasteiger charge is -2.30. The minimum absolute atomic E-state index is 0.0369. The predicted molar refractivity (Wildman–Crippen MR) is 112 cm³/mol. The van der Waals surface area contributed by atoms with Crippen LogP contribution in [0.2, 0.25) is 10.0 Å². The van der Waals surface area contributed by atoms with Crippen LogP contribution in [0.25, 0.3) is 10.9 Å². The van der Waals surface area contributed by atoms with E-state index in [1.54, 1.807) is 66.6 Å². The van der Waals surface area contributed by atoms with Crippen molar-refractivity contribution < 1.29 is 14.9 Å². The van der Waals surface area contributed by atoms with Gasteiger partial charge in [0.05, 0.1) is 35.9 Å². The van der Waals surface area contributed by atoms with Crippen molar-refractivity contribution in [1.82, 2.24) is 14.5 Å². The molecule has 148 valence electrons. The van der Waals surface area contributed by atoms with Gasteiger partial charge in [0.2, 0.25) is 0 Å². The van der Waals surface area contributed by atoms with Gasteiger partial charge in [0.1, 0.15) is 0 Å². The number of aryl methyl sites for hydroxylation is 1. The monoisotopic (exact) mass is 429 g/mol. The number of aromatic nitrogens is 3. The molecule has 0 bridgehead atoms. The molecule has 0 aliphatic heterocycles. The number of pyridine rings is 1. The van der Waals surface area contributed by atoms with E-state index in [0.29, 0.717) is 32.7 Å². The number of nitrogens with zero attached hydrogens (tertiary/aromatic N) is 3. The van der Waals surface area contributed by atoms with Crippen molar-refractivity contribution in [3.8, 4) is 11.6 Å². The standard InChI is InChI=1S/C21H17Cl2N3O3/c1-26-11-24-10-17(26)21(28,12-3-6-14(22)7-4-12)13-5-8-16-15(9-13)18(23)19(27)20(25-16)29-2/h3-11,27-28H,1-2H3. The first-order valence-electron chi connectivity index (χ1n) is 8.68. The third-order valence-electron chi connectivity index (χ3n) is 4.93. The highest BCUT2D eigenvalue weighted by Gasteiger charge is 2.37. The summed E-state index contributed by atoms with van der Waals surface area (Å²) in [5.74, 6) is -0.218. The van der Waals surface area contributed by atoms with Gasteiger partial charge >= 0.3 is 0 Å². The second-order valence-corrected chi connectivity index (χ2v) is 7.44.